The van der Waals surface area contributed by atoms with Crippen LogP contribution in [-0.4, -0.2) is 50.9 Å². The lowest BCUT2D eigenvalue weighted by molar-refractivity contribution is -0.131. The summed E-state index contributed by atoms with van der Waals surface area (Å²) in [6.07, 6.45) is 4.75. The van der Waals surface area contributed by atoms with Gasteiger partial charge in [0, 0.05) is 56.0 Å². The van der Waals surface area contributed by atoms with Crippen LogP contribution in [0.4, 0.5) is 5.82 Å². The minimum atomic E-state index is -0.0305. The van der Waals surface area contributed by atoms with Crippen molar-refractivity contribution in [2.24, 2.45) is 0 Å². The van der Waals surface area contributed by atoms with Crippen molar-refractivity contribution in [3.63, 3.8) is 0 Å². The molecule has 1 aliphatic heterocycles. The molecule has 32 heavy (non-hydrogen) atoms. The number of benzene rings is 1. The average molecular weight is 494 g/mol. The highest BCUT2D eigenvalue weighted by atomic mass is 79.9. The smallest absolute Gasteiger partial charge is 0.275 e. The van der Waals surface area contributed by atoms with Gasteiger partial charge in [0.05, 0.1) is 11.0 Å². The van der Waals surface area contributed by atoms with Crippen molar-refractivity contribution in [2.75, 3.05) is 31.1 Å². The fourth-order valence-corrected chi connectivity index (χ4v) is 4.77. The molecule has 0 aliphatic carbocycles. The molecule has 0 saturated carbocycles. The number of halogens is 1. The van der Waals surface area contributed by atoms with Gasteiger partial charge in [0.25, 0.3) is 5.56 Å². The first kappa shape index (κ1) is 20.8. The van der Waals surface area contributed by atoms with Gasteiger partial charge in [-0.25, -0.2) is 4.98 Å². The molecule has 8 heteroatoms. The molecule has 0 N–H and O–H groups in total. The van der Waals surface area contributed by atoms with E-state index in [9.17, 15) is 9.59 Å². The van der Waals surface area contributed by atoms with E-state index in [2.05, 4.69) is 25.8 Å². The summed E-state index contributed by atoms with van der Waals surface area (Å²) in [6, 6.07) is 15.6. The predicted octanol–water partition coefficient (Wildman–Crippen LogP) is 3.54. The van der Waals surface area contributed by atoms with Crippen molar-refractivity contribution < 1.29 is 4.79 Å². The molecule has 1 fully saturated rings. The van der Waals surface area contributed by atoms with Crippen LogP contribution in [0.1, 0.15) is 12.8 Å². The van der Waals surface area contributed by atoms with E-state index in [0.717, 1.165) is 34.4 Å². The number of carbonyl (C=O) groups is 1. The summed E-state index contributed by atoms with van der Waals surface area (Å²) in [6.45, 7) is 3.47. The van der Waals surface area contributed by atoms with Crippen molar-refractivity contribution in [1.29, 1.82) is 0 Å². The van der Waals surface area contributed by atoms with E-state index in [1.165, 1.54) is 0 Å². The van der Waals surface area contributed by atoms with Crippen LogP contribution in [0.5, 0.6) is 0 Å². The van der Waals surface area contributed by atoms with Crippen LogP contribution in [0.3, 0.4) is 0 Å². The van der Waals surface area contributed by atoms with Crippen molar-refractivity contribution in [3.05, 3.63) is 75.8 Å². The van der Waals surface area contributed by atoms with Crippen LogP contribution in [-0.2, 0) is 11.3 Å². The largest absolute Gasteiger partial charge is 0.353 e. The number of nitrogens with zero attached hydrogens (tertiary/aromatic N) is 5. The van der Waals surface area contributed by atoms with Crippen molar-refractivity contribution in [3.8, 4) is 0 Å². The summed E-state index contributed by atoms with van der Waals surface area (Å²) < 4.78 is 4.64. The molecular weight excluding hydrogens is 470 g/mol. The van der Waals surface area contributed by atoms with Crippen LogP contribution < -0.4 is 10.5 Å². The molecule has 7 nitrogen and oxygen atoms in total. The fourth-order valence-electron chi connectivity index (χ4n) is 4.42. The van der Waals surface area contributed by atoms with E-state index in [4.69, 9.17) is 0 Å². The molecule has 164 valence electrons. The summed E-state index contributed by atoms with van der Waals surface area (Å²) in [5.74, 6) is 1.10. The molecule has 1 aromatic carbocycles. The molecule has 3 aromatic heterocycles. The number of pyridine rings is 1. The van der Waals surface area contributed by atoms with Gasteiger partial charge in [-0.05, 0) is 48.9 Å². The van der Waals surface area contributed by atoms with Gasteiger partial charge < -0.3 is 18.8 Å². The Morgan fingerprint density at radius 2 is 1.81 bits per heavy atom. The van der Waals surface area contributed by atoms with Gasteiger partial charge in [0.1, 0.15) is 11.3 Å². The summed E-state index contributed by atoms with van der Waals surface area (Å²) >= 11 is 3.52. The lowest BCUT2D eigenvalue weighted by atomic mass is 10.2. The minimum Gasteiger partial charge on any atom is -0.353 e. The molecular formula is C24H24BrN5O2. The second kappa shape index (κ2) is 8.78. The number of amides is 1. The minimum absolute atomic E-state index is 0.0305. The maximum Gasteiger partial charge on any atom is 0.275 e. The van der Waals surface area contributed by atoms with Crippen molar-refractivity contribution >= 4 is 44.2 Å². The number of rotatable bonds is 5. The molecule has 0 unspecified atom stereocenters. The highest BCUT2D eigenvalue weighted by Crippen LogP contribution is 2.21. The third-order valence-corrected chi connectivity index (χ3v) is 6.57. The van der Waals surface area contributed by atoms with Gasteiger partial charge in [-0.1, -0.05) is 22.0 Å². The lowest BCUT2D eigenvalue weighted by Gasteiger charge is -2.35. The van der Waals surface area contributed by atoms with Gasteiger partial charge in [-0.2, -0.15) is 0 Å². The Labute approximate surface area is 194 Å². The van der Waals surface area contributed by atoms with Crippen LogP contribution in [0.15, 0.2) is 70.2 Å². The molecule has 4 heterocycles. The lowest BCUT2D eigenvalue weighted by Crippen LogP contribution is -2.49. The van der Waals surface area contributed by atoms with Gasteiger partial charge in [-0.15, -0.1) is 0 Å². The van der Waals surface area contributed by atoms with Gasteiger partial charge in [-0.3, -0.25) is 9.59 Å². The molecule has 4 aromatic rings. The zero-order valence-corrected chi connectivity index (χ0v) is 19.2. The van der Waals surface area contributed by atoms with Gasteiger partial charge in [0.15, 0.2) is 0 Å². The van der Waals surface area contributed by atoms with E-state index >= 15 is 0 Å². The van der Waals surface area contributed by atoms with Crippen LogP contribution in [0, 0.1) is 0 Å². The number of piperazine rings is 1. The number of aromatic nitrogens is 3. The Balaban J connectivity index is 1.26. The van der Waals surface area contributed by atoms with E-state index in [1.54, 1.807) is 10.8 Å². The maximum absolute atomic E-state index is 13.1. The third kappa shape index (κ3) is 3.90. The molecule has 0 bridgehead atoms. The van der Waals surface area contributed by atoms with Gasteiger partial charge in [0.2, 0.25) is 5.91 Å². The molecule has 0 spiro atoms. The van der Waals surface area contributed by atoms with E-state index < -0.39 is 0 Å². The van der Waals surface area contributed by atoms with Crippen LogP contribution in [0.2, 0.25) is 0 Å². The zero-order valence-electron chi connectivity index (χ0n) is 17.7. The first-order valence-electron chi connectivity index (χ1n) is 10.8. The molecule has 5 rings (SSSR count). The topological polar surface area (TPSA) is 62.9 Å². The monoisotopic (exact) mass is 493 g/mol. The highest BCUT2D eigenvalue weighted by Gasteiger charge is 2.21. The summed E-state index contributed by atoms with van der Waals surface area (Å²) in [5.41, 5.74) is 2.46. The van der Waals surface area contributed by atoms with Crippen LogP contribution >= 0.6 is 15.9 Å². The second-order valence-electron chi connectivity index (χ2n) is 8.01. The second-order valence-corrected chi connectivity index (χ2v) is 8.93. The molecule has 0 atom stereocenters. The Morgan fingerprint density at radius 3 is 2.59 bits per heavy atom. The van der Waals surface area contributed by atoms with E-state index in [0.29, 0.717) is 38.0 Å². The van der Waals surface area contributed by atoms with Crippen molar-refractivity contribution in [2.45, 2.75) is 19.4 Å². The standard InChI is InChI=1S/C24H24BrN5O2/c25-18-8-9-19-21(17-18)30(24(32)20-5-3-11-29(19)20)12-4-7-23(31)28-15-13-27(14-16-28)22-6-1-2-10-26-22/h1-3,5-6,8-11,17H,4,7,12-16H2. The molecule has 1 aliphatic rings. The third-order valence-electron chi connectivity index (χ3n) is 6.08. The summed E-state index contributed by atoms with van der Waals surface area (Å²) in [4.78, 5) is 34.4. The number of anilines is 1. The zero-order chi connectivity index (χ0) is 22.1. The molecule has 1 amide bonds. The maximum atomic E-state index is 13.1. The highest BCUT2D eigenvalue weighted by molar-refractivity contribution is 9.10. The Bertz CT molecular complexity index is 1320. The average Bonchev–Trinajstić information content (AvgIpc) is 3.32. The molecule has 1 saturated heterocycles. The Hall–Kier alpha value is -3.13. The van der Waals surface area contributed by atoms with Crippen molar-refractivity contribution in [1.82, 2.24) is 18.9 Å². The quantitative estimate of drug-likeness (QED) is 0.426. The van der Waals surface area contributed by atoms with E-state index in [-0.39, 0.29) is 11.5 Å². The number of aryl methyl sites for hydroxylation is 1. The SMILES string of the molecule is O=C(CCCn1c(=O)c2cccn2c2ccc(Br)cc21)N1CCN(c2ccccn2)CC1. The Kier molecular flexibility index (Phi) is 5.70. The summed E-state index contributed by atoms with van der Waals surface area (Å²) in [7, 11) is 0. The Morgan fingerprint density at radius 1 is 0.969 bits per heavy atom. The normalized spacial score (nSPS) is 14.4. The first-order valence-corrected chi connectivity index (χ1v) is 11.6. The predicted molar refractivity (Wildman–Crippen MR) is 129 cm³/mol. The number of hydrogen-bond acceptors (Lipinski definition) is 4. The number of carbonyl (C=O) groups excluding carboxylic acids is 1. The van der Waals surface area contributed by atoms with E-state index in [1.807, 2.05) is 64.0 Å². The summed E-state index contributed by atoms with van der Waals surface area (Å²) in [5, 5.41) is 0. The molecule has 0 radical (unpaired) electrons. The number of fused-ring (bicyclic) bond motifs is 3. The first-order chi connectivity index (χ1) is 15.6. The fraction of sp³-hybridized carbons (Fsp3) is 0.292. The van der Waals surface area contributed by atoms with Crippen LogP contribution in [0.25, 0.3) is 16.6 Å². The van der Waals surface area contributed by atoms with Gasteiger partial charge >= 0.3 is 0 Å². The number of hydrogen-bond donors (Lipinski definition) is 0.